The zero-order chi connectivity index (χ0) is 12.5. The Morgan fingerprint density at radius 1 is 1.18 bits per heavy atom. The summed E-state index contributed by atoms with van der Waals surface area (Å²) in [6.45, 7) is 3.68. The van der Waals surface area contributed by atoms with E-state index in [0.29, 0.717) is 5.41 Å². The highest BCUT2D eigenvalue weighted by atomic mass is 15.3. The van der Waals surface area contributed by atoms with Gasteiger partial charge in [0.15, 0.2) is 0 Å². The van der Waals surface area contributed by atoms with E-state index in [9.17, 15) is 0 Å². The summed E-state index contributed by atoms with van der Waals surface area (Å²) in [5.41, 5.74) is 1.85. The zero-order valence-electron chi connectivity index (χ0n) is 11.6. The molecule has 1 aromatic carbocycles. The van der Waals surface area contributed by atoms with Gasteiger partial charge in [-0.1, -0.05) is 30.3 Å². The number of quaternary nitrogens is 1. The van der Waals surface area contributed by atoms with Crippen molar-refractivity contribution < 1.29 is 4.48 Å². The smallest absolute Gasteiger partial charge is 0.0895 e. The van der Waals surface area contributed by atoms with Gasteiger partial charge in [-0.25, -0.2) is 0 Å². The second kappa shape index (κ2) is 4.43. The molecule has 0 spiro atoms. The standard InChI is InChI=1S/C15H25N2/c1-16(2)12-15(10-11-17(3,4)13-15)14-8-6-5-7-9-14/h5-9H,10-13H2,1-4H3/q+1/t15-/m0/s1. The molecule has 0 bridgehead atoms. The van der Waals surface area contributed by atoms with Crippen LogP contribution in [0.5, 0.6) is 0 Å². The molecule has 1 aliphatic heterocycles. The molecule has 0 N–H and O–H groups in total. The fourth-order valence-corrected chi connectivity index (χ4v) is 3.35. The Bertz CT molecular complexity index is 370. The van der Waals surface area contributed by atoms with Gasteiger partial charge in [0.2, 0.25) is 0 Å². The Hall–Kier alpha value is -0.860. The van der Waals surface area contributed by atoms with Crippen molar-refractivity contribution in [3.05, 3.63) is 35.9 Å². The van der Waals surface area contributed by atoms with Crippen LogP contribution in [0.25, 0.3) is 0 Å². The van der Waals surface area contributed by atoms with Crippen LogP contribution in [0, 0.1) is 0 Å². The summed E-state index contributed by atoms with van der Waals surface area (Å²) in [7, 11) is 9.06. The molecule has 1 atom stereocenters. The summed E-state index contributed by atoms with van der Waals surface area (Å²) in [5.74, 6) is 0. The van der Waals surface area contributed by atoms with Crippen molar-refractivity contribution in [3.63, 3.8) is 0 Å². The normalized spacial score (nSPS) is 27.6. The minimum absolute atomic E-state index is 0.342. The Kier molecular flexibility index (Phi) is 3.28. The van der Waals surface area contributed by atoms with E-state index in [1.165, 1.54) is 25.1 Å². The molecule has 2 nitrogen and oxygen atoms in total. The lowest BCUT2D eigenvalue weighted by atomic mass is 9.79. The lowest BCUT2D eigenvalue weighted by molar-refractivity contribution is -0.879. The van der Waals surface area contributed by atoms with Crippen molar-refractivity contribution in [1.82, 2.24) is 4.90 Å². The largest absolute Gasteiger partial charge is 0.328 e. The van der Waals surface area contributed by atoms with E-state index in [0.717, 1.165) is 11.0 Å². The molecule has 2 rings (SSSR count). The molecule has 0 unspecified atom stereocenters. The highest BCUT2D eigenvalue weighted by Crippen LogP contribution is 2.37. The molecule has 17 heavy (non-hydrogen) atoms. The number of nitrogens with zero attached hydrogens (tertiary/aromatic N) is 2. The maximum atomic E-state index is 2.35. The predicted octanol–water partition coefficient (Wildman–Crippen LogP) is 1.97. The molecule has 1 saturated heterocycles. The minimum atomic E-state index is 0.342. The molecule has 2 heteroatoms. The third-order valence-corrected chi connectivity index (χ3v) is 3.93. The summed E-state index contributed by atoms with van der Waals surface area (Å²) in [4.78, 5) is 2.33. The highest BCUT2D eigenvalue weighted by molar-refractivity contribution is 5.27. The molecule has 0 aromatic heterocycles. The minimum Gasteiger partial charge on any atom is -0.328 e. The van der Waals surface area contributed by atoms with Crippen molar-refractivity contribution in [1.29, 1.82) is 0 Å². The average Bonchev–Trinajstić information content (AvgIpc) is 2.56. The first kappa shape index (κ1) is 12.6. The predicted molar refractivity (Wildman–Crippen MR) is 73.1 cm³/mol. The van der Waals surface area contributed by atoms with Crippen LogP contribution in [0.15, 0.2) is 30.3 Å². The molecule has 1 fully saturated rings. The van der Waals surface area contributed by atoms with Crippen molar-refractivity contribution in [2.24, 2.45) is 0 Å². The van der Waals surface area contributed by atoms with Crippen LogP contribution in [0.1, 0.15) is 12.0 Å². The molecule has 1 heterocycles. The molecule has 94 valence electrons. The maximum Gasteiger partial charge on any atom is 0.0895 e. The van der Waals surface area contributed by atoms with Crippen LogP contribution in [-0.4, -0.2) is 57.2 Å². The van der Waals surface area contributed by atoms with Crippen LogP contribution >= 0.6 is 0 Å². The number of likely N-dealkylation sites (tertiary alicyclic amines) is 1. The van der Waals surface area contributed by atoms with E-state index in [4.69, 9.17) is 0 Å². The fraction of sp³-hybridized carbons (Fsp3) is 0.600. The van der Waals surface area contributed by atoms with Crippen molar-refractivity contribution in [2.75, 3.05) is 47.8 Å². The fourth-order valence-electron chi connectivity index (χ4n) is 3.35. The van der Waals surface area contributed by atoms with E-state index in [1.807, 2.05) is 0 Å². The Labute approximate surface area is 105 Å². The molecule has 0 saturated carbocycles. The van der Waals surface area contributed by atoms with Gasteiger partial charge in [0.25, 0.3) is 0 Å². The van der Waals surface area contributed by atoms with Gasteiger partial charge in [0, 0.05) is 13.0 Å². The van der Waals surface area contributed by atoms with E-state index < -0.39 is 0 Å². The van der Waals surface area contributed by atoms with Crippen LogP contribution in [0.3, 0.4) is 0 Å². The number of likely N-dealkylation sites (N-methyl/N-ethyl adjacent to an activating group) is 2. The summed E-state index contributed by atoms with van der Waals surface area (Å²) in [6.07, 6.45) is 1.29. The van der Waals surface area contributed by atoms with Gasteiger partial charge in [-0.05, 0) is 19.7 Å². The second-order valence-electron chi connectivity index (χ2n) is 6.45. The Morgan fingerprint density at radius 3 is 2.29 bits per heavy atom. The van der Waals surface area contributed by atoms with Gasteiger partial charge in [0.1, 0.15) is 0 Å². The van der Waals surface area contributed by atoms with Gasteiger partial charge < -0.3 is 9.38 Å². The highest BCUT2D eigenvalue weighted by Gasteiger charge is 2.45. The first-order chi connectivity index (χ1) is 7.94. The average molecular weight is 233 g/mol. The van der Waals surface area contributed by atoms with E-state index >= 15 is 0 Å². The monoisotopic (exact) mass is 233 g/mol. The third kappa shape index (κ3) is 2.70. The van der Waals surface area contributed by atoms with Crippen LogP contribution in [0.2, 0.25) is 0 Å². The summed E-state index contributed by atoms with van der Waals surface area (Å²) in [5, 5.41) is 0. The molecule has 0 amide bonds. The van der Waals surface area contributed by atoms with Crippen LogP contribution in [-0.2, 0) is 5.41 Å². The number of hydrogen-bond donors (Lipinski definition) is 0. The first-order valence-electron chi connectivity index (χ1n) is 6.46. The van der Waals surface area contributed by atoms with Crippen LogP contribution < -0.4 is 0 Å². The van der Waals surface area contributed by atoms with Crippen LogP contribution in [0.4, 0.5) is 0 Å². The third-order valence-electron chi connectivity index (χ3n) is 3.93. The zero-order valence-corrected chi connectivity index (χ0v) is 11.6. The SMILES string of the molecule is CN(C)C[C@@]1(c2ccccc2)CC[N+](C)(C)C1. The number of benzene rings is 1. The van der Waals surface area contributed by atoms with E-state index in [1.54, 1.807) is 0 Å². The Balaban J connectivity index is 2.32. The van der Waals surface area contributed by atoms with Gasteiger partial charge in [0.05, 0.1) is 32.6 Å². The molecular formula is C15H25N2+. The van der Waals surface area contributed by atoms with Gasteiger partial charge in [-0.2, -0.15) is 0 Å². The van der Waals surface area contributed by atoms with Crippen molar-refractivity contribution >= 4 is 0 Å². The number of hydrogen-bond acceptors (Lipinski definition) is 1. The summed E-state index contributed by atoms with van der Waals surface area (Å²) < 4.78 is 1.14. The molecule has 1 aliphatic rings. The lowest BCUT2D eigenvalue weighted by Gasteiger charge is -2.33. The molecular weight excluding hydrogens is 208 g/mol. The second-order valence-corrected chi connectivity index (χ2v) is 6.45. The Morgan fingerprint density at radius 2 is 1.82 bits per heavy atom. The topological polar surface area (TPSA) is 3.24 Å². The molecule has 0 aliphatic carbocycles. The molecule has 1 aromatic rings. The lowest BCUT2D eigenvalue weighted by Crippen LogP contribution is -2.45. The number of rotatable bonds is 3. The van der Waals surface area contributed by atoms with Gasteiger partial charge in [-0.3, -0.25) is 0 Å². The van der Waals surface area contributed by atoms with E-state index in [-0.39, 0.29) is 0 Å². The van der Waals surface area contributed by atoms with Crippen molar-refractivity contribution in [2.45, 2.75) is 11.8 Å². The molecule has 0 radical (unpaired) electrons. The van der Waals surface area contributed by atoms with Crippen molar-refractivity contribution in [3.8, 4) is 0 Å². The van der Waals surface area contributed by atoms with Gasteiger partial charge >= 0.3 is 0 Å². The van der Waals surface area contributed by atoms with E-state index in [2.05, 4.69) is 63.4 Å². The summed E-state index contributed by atoms with van der Waals surface area (Å²) >= 11 is 0. The summed E-state index contributed by atoms with van der Waals surface area (Å²) in [6, 6.07) is 11.1. The van der Waals surface area contributed by atoms with Gasteiger partial charge in [-0.15, -0.1) is 0 Å². The first-order valence-corrected chi connectivity index (χ1v) is 6.46. The maximum absolute atomic E-state index is 2.35. The quantitative estimate of drug-likeness (QED) is 0.722.